The number of aliphatic hydroxyl groups is 2. The molecule has 162 valence electrons. The molecule has 0 saturated carbocycles. The van der Waals surface area contributed by atoms with Crippen LogP contribution in [-0.2, 0) is 0 Å². The first-order chi connectivity index (χ1) is 15.4. The molecule has 0 unspecified atom stereocenters. The summed E-state index contributed by atoms with van der Waals surface area (Å²) in [5, 5.41) is 46.5. The van der Waals surface area contributed by atoms with Gasteiger partial charge in [0.15, 0.2) is 5.75 Å². The molecule has 4 rings (SSSR count). The molecule has 0 bridgehead atoms. The number of rotatable bonds is 6. The standard InChI is InChI=1S/C20H15N5O6S/c26-12-3-1-4-14(16(12)21-7-10-13(27)9-22-17(10)28)31-19-11(8-23-20(30)25-19)24-18(29)15-5-2-6-32-15/h1-9,21,26-27H,(H,22,28)(H,24,29)(H,23,25,30)/b10-7+. The normalized spacial score (nSPS) is 14.1. The Morgan fingerprint density at radius 3 is 2.69 bits per heavy atom. The Balaban J connectivity index is 1.63. The molecule has 3 heterocycles. The lowest BCUT2D eigenvalue weighted by Gasteiger charge is -2.14. The number of hydrogen-bond donors (Lipinski definition) is 6. The fourth-order valence-electron chi connectivity index (χ4n) is 2.63. The van der Waals surface area contributed by atoms with Crippen molar-refractivity contribution in [2.24, 2.45) is 4.99 Å². The number of nitrogens with one attached hydrogen (secondary N) is 2. The van der Waals surface area contributed by atoms with Gasteiger partial charge in [-0.3, -0.25) is 4.79 Å². The van der Waals surface area contributed by atoms with E-state index < -0.39 is 17.8 Å². The van der Waals surface area contributed by atoms with Crippen molar-refractivity contribution >= 4 is 34.5 Å². The Labute approximate surface area is 184 Å². The summed E-state index contributed by atoms with van der Waals surface area (Å²) in [5.41, 5.74) is 0.138. The van der Waals surface area contributed by atoms with Gasteiger partial charge in [-0.05, 0) is 23.6 Å². The third-order valence-corrected chi connectivity index (χ3v) is 5.00. The van der Waals surface area contributed by atoms with Gasteiger partial charge in [0.2, 0.25) is 11.8 Å². The fourth-order valence-corrected chi connectivity index (χ4v) is 3.24. The van der Waals surface area contributed by atoms with Gasteiger partial charge < -0.3 is 35.8 Å². The highest BCUT2D eigenvalue weighted by Gasteiger charge is 2.19. The number of thiophene rings is 1. The number of hydrogen-bond acceptors (Lipinski definition) is 10. The molecular weight excluding hydrogens is 438 g/mol. The van der Waals surface area contributed by atoms with E-state index in [1.54, 1.807) is 17.5 Å². The number of aliphatic hydroxyl groups excluding tert-OH is 2. The zero-order valence-electron chi connectivity index (χ0n) is 16.1. The van der Waals surface area contributed by atoms with E-state index in [9.17, 15) is 25.2 Å². The molecule has 12 heteroatoms. The van der Waals surface area contributed by atoms with Crippen molar-refractivity contribution in [2.75, 3.05) is 10.6 Å². The maximum Gasteiger partial charge on any atom is 0.317 e. The van der Waals surface area contributed by atoms with E-state index in [0.717, 1.165) is 6.20 Å². The van der Waals surface area contributed by atoms with Gasteiger partial charge in [0.05, 0.1) is 22.8 Å². The summed E-state index contributed by atoms with van der Waals surface area (Å²) in [7, 11) is 0. The summed E-state index contributed by atoms with van der Waals surface area (Å²) in [6, 6.07) is 7.14. The van der Waals surface area contributed by atoms with E-state index in [1.807, 2.05) is 0 Å². The molecule has 0 radical (unpaired) electrons. The maximum atomic E-state index is 12.4. The van der Waals surface area contributed by atoms with E-state index in [2.05, 4.69) is 25.6 Å². The third kappa shape index (κ3) is 4.29. The minimum Gasteiger partial charge on any atom is -0.506 e. The summed E-state index contributed by atoms with van der Waals surface area (Å²) in [5.74, 6) is -1.45. The number of phenolic OH excluding ortho intramolecular Hbond substituents is 1. The van der Waals surface area contributed by atoms with Gasteiger partial charge in [-0.2, -0.15) is 4.98 Å². The third-order valence-electron chi connectivity index (χ3n) is 4.13. The van der Waals surface area contributed by atoms with Gasteiger partial charge in [-0.25, -0.2) is 9.98 Å². The average Bonchev–Trinajstić information content (AvgIpc) is 3.41. The van der Waals surface area contributed by atoms with Crippen LogP contribution in [0.25, 0.3) is 0 Å². The number of carbonyl (C=O) groups is 1. The molecule has 6 N–H and O–H groups in total. The van der Waals surface area contributed by atoms with Gasteiger partial charge in [0, 0.05) is 6.20 Å². The number of aromatic nitrogens is 2. The van der Waals surface area contributed by atoms with Gasteiger partial charge in [0.1, 0.15) is 22.9 Å². The zero-order chi connectivity index (χ0) is 22.7. The van der Waals surface area contributed by atoms with Crippen LogP contribution in [0, 0.1) is 0 Å². The molecule has 3 aromatic rings. The first-order valence-corrected chi connectivity index (χ1v) is 9.84. The lowest BCUT2D eigenvalue weighted by Crippen LogP contribution is -2.12. The maximum absolute atomic E-state index is 12.4. The van der Waals surface area contributed by atoms with Crippen molar-refractivity contribution in [3.8, 4) is 23.4 Å². The molecule has 0 fully saturated rings. The van der Waals surface area contributed by atoms with Crippen molar-refractivity contribution in [1.82, 2.24) is 9.97 Å². The van der Waals surface area contributed by atoms with E-state index in [1.165, 1.54) is 41.9 Å². The molecular formula is C20H15N5O6S. The van der Waals surface area contributed by atoms with Crippen molar-refractivity contribution in [3.63, 3.8) is 0 Å². The minimum atomic E-state index is -0.590. The van der Waals surface area contributed by atoms with Crippen LogP contribution in [0.1, 0.15) is 9.67 Å². The highest BCUT2D eigenvalue weighted by atomic mass is 32.1. The Morgan fingerprint density at radius 2 is 1.97 bits per heavy atom. The Kier molecular flexibility index (Phi) is 5.59. The summed E-state index contributed by atoms with van der Waals surface area (Å²) in [6.07, 6.45) is 3.46. The summed E-state index contributed by atoms with van der Waals surface area (Å²) >= 11 is 1.24. The second-order valence-electron chi connectivity index (χ2n) is 6.24. The SMILES string of the molecule is O=C(Nc1cnc(O)nc1Oc1cccc(O)c1N/C=C1\C(O)=CN=C1O)c1cccs1. The molecule has 1 aliphatic rings. The molecule has 1 amide bonds. The topological polar surface area (TPSA) is 169 Å². The zero-order valence-corrected chi connectivity index (χ0v) is 16.9. The van der Waals surface area contributed by atoms with E-state index in [-0.39, 0.29) is 40.1 Å². The minimum absolute atomic E-state index is 0.00258. The molecule has 32 heavy (non-hydrogen) atoms. The van der Waals surface area contributed by atoms with Gasteiger partial charge in [-0.15, -0.1) is 11.3 Å². The highest BCUT2D eigenvalue weighted by molar-refractivity contribution is 7.12. The van der Waals surface area contributed by atoms with E-state index in [0.29, 0.717) is 4.88 Å². The number of carbonyl (C=O) groups excluding carboxylic acids is 1. The lowest BCUT2D eigenvalue weighted by molar-refractivity contribution is 0.103. The van der Waals surface area contributed by atoms with Crippen LogP contribution >= 0.6 is 11.3 Å². The summed E-state index contributed by atoms with van der Waals surface area (Å²) in [6.45, 7) is 0. The molecule has 0 saturated heterocycles. The number of aromatic hydroxyl groups is 2. The van der Waals surface area contributed by atoms with Crippen LogP contribution in [0.2, 0.25) is 0 Å². The number of para-hydroxylation sites is 1. The van der Waals surface area contributed by atoms with Crippen molar-refractivity contribution in [1.29, 1.82) is 0 Å². The smallest absolute Gasteiger partial charge is 0.317 e. The molecule has 2 aromatic heterocycles. The average molecular weight is 453 g/mol. The number of benzene rings is 1. The van der Waals surface area contributed by atoms with Crippen LogP contribution in [0.5, 0.6) is 23.4 Å². The number of nitrogens with zero attached hydrogens (tertiary/aromatic N) is 3. The Morgan fingerprint density at radius 1 is 1.12 bits per heavy atom. The van der Waals surface area contributed by atoms with Crippen LogP contribution in [0.3, 0.4) is 0 Å². The summed E-state index contributed by atoms with van der Waals surface area (Å²) < 4.78 is 5.75. The molecule has 0 aliphatic carbocycles. The highest BCUT2D eigenvalue weighted by Crippen LogP contribution is 2.38. The van der Waals surface area contributed by atoms with Crippen molar-refractivity contribution in [2.45, 2.75) is 0 Å². The predicted octanol–water partition coefficient (Wildman–Crippen LogP) is 3.66. The molecule has 11 nitrogen and oxygen atoms in total. The Hall–Kier alpha value is -4.58. The lowest BCUT2D eigenvalue weighted by atomic mass is 10.2. The first kappa shape index (κ1) is 20.7. The van der Waals surface area contributed by atoms with E-state index >= 15 is 0 Å². The van der Waals surface area contributed by atoms with Crippen LogP contribution in [0.15, 0.2) is 70.6 Å². The molecule has 0 spiro atoms. The molecule has 0 atom stereocenters. The van der Waals surface area contributed by atoms with Gasteiger partial charge in [0.25, 0.3) is 5.91 Å². The monoisotopic (exact) mass is 453 g/mol. The number of amides is 1. The van der Waals surface area contributed by atoms with Gasteiger partial charge in [-0.1, -0.05) is 12.1 Å². The molecule has 1 aliphatic heterocycles. The van der Waals surface area contributed by atoms with Crippen LogP contribution in [0.4, 0.5) is 11.4 Å². The fraction of sp³-hybridized carbons (Fsp3) is 0. The van der Waals surface area contributed by atoms with Crippen molar-refractivity contribution in [3.05, 3.63) is 70.5 Å². The second-order valence-corrected chi connectivity index (χ2v) is 7.19. The second kappa shape index (κ2) is 8.65. The number of aliphatic imine (C=N–C) groups is 1. The van der Waals surface area contributed by atoms with E-state index in [4.69, 9.17) is 4.74 Å². The quantitative estimate of drug-likeness (QED) is 0.305. The summed E-state index contributed by atoms with van der Waals surface area (Å²) in [4.78, 5) is 23.9. The van der Waals surface area contributed by atoms with Crippen LogP contribution < -0.4 is 15.4 Å². The number of anilines is 2. The first-order valence-electron chi connectivity index (χ1n) is 8.96. The number of ether oxygens (including phenoxy) is 1. The molecule has 1 aromatic carbocycles. The van der Waals surface area contributed by atoms with Crippen molar-refractivity contribution < 1.29 is 30.0 Å². The number of phenols is 1. The van der Waals surface area contributed by atoms with Gasteiger partial charge >= 0.3 is 6.01 Å². The van der Waals surface area contributed by atoms with Crippen LogP contribution in [-0.4, -0.2) is 42.2 Å². The Bertz CT molecular complexity index is 1250. The predicted molar refractivity (Wildman–Crippen MR) is 117 cm³/mol. The largest absolute Gasteiger partial charge is 0.506 e.